The van der Waals surface area contributed by atoms with Crippen LogP contribution in [0.4, 0.5) is 0 Å². The van der Waals surface area contributed by atoms with Crippen LogP contribution >= 0.6 is 11.6 Å². The number of rotatable bonds is 4. The summed E-state index contributed by atoms with van der Waals surface area (Å²) in [5.41, 5.74) is 0. The molecule has 1 radical (unpaired) electrons. The Morgan fingerprint density at radius 3 is 2.74 bits per heavy atom. The summed E-state index contributed by atoms with van der Waals surface area (Å²) < 4.78 is 21.7. The number of ketones is 1. The normalized spacial score (nSPS) is 36.7. The maximum atomic E-state index is 12.3. The Balaban J connectivity index is 0.00000180. The Morgan fingerprint density at radius 1 is 1.47 bits per heavy atom. The van der Waals surface area contributed by atoms with Crippen molar-refractivity contribution < 1.29 is 72.9 Å². The van der Waals surface area contributed by atoms with Gasteiger partial charge in [-0.2, -0.15) is 0 Å². The molecule has 0 aliphatic carbocycles. The van der Waals surface area contributed by atoms with Gasteiger partial charge in [-0.3, -0.25) is 4.79 Å². The zero-order valence-electron chi connectivity index (χ0n) is 10.9. The number of hydrogen-bond donors (Lipinski definition) is 1. The quantitative estimate of drug-likeness (QED) is 0.542. The third-order valence-electron chi connectivity index (χ3n) is 2.92. The van der Waals surface area contributed by atoms with Gasteiger partial charge in [0.15, 0.2) is 11.9 Å². The number of carbonyl (C=O) groups excluding carboxylic acids is 1. The fourth-order valence-corrected chi connectivity index (χ4v) is 2.25. The van der Waals surface area contributed by atoms with Gasteiger partial charge in [-0.1, -0.05) is 0 Å². The molecule has 107 valence electrons. The molecule has 0 saturated carbocycles. The molecule has 0 aromatic carbocycles. The number of fused-ring (bicyclic) bond motifs is 1. The number of aliphatic hydroxyl groups is 1. The first-order valence-corrected chi connectivity index (χ1v) is 6.32. The Bertz CT molecular complexity index is 339. The first-order chi connectivity index (χ1) is 8.44. The van der Waals surface area contributed by atoms with E-state index in [0.29, 0.717) is 0 Å². The molecule has 1 N–H and O–H groups in total. The summed E-state index contributed by atoms with van der Waals surface area (Å²) in [6.07, 6.45) is -1.25. The van der Waals surface area contributed by atoms with Crippen molar-refractivity contribution in [2.45, 2.75) is 37.6 Å². The van der Waals surface area contributed by atoms with E-state index in [1.165, 1.54) is 0 Å². The van der Waals surface area contributed by atoms with Gasteiger partial charge in [0.25, 0.3) is 5.79 Å². The largest absolute Gasteiger partial charge is 0.390 e. The summed E-state index contributed by atoms with van der Waals surface area (Å²) in [6, 6.07) is 0. The molecule has 0 aromatic rings. The number of aliphatic hydroxyl groups excluding tert-OH is 1. The van der Waals surface area contributed by atoms with Crippen LogP contribution in [0.1, 0.15) is 13.8 Å². The van der Waals surface area contributed by atoms with Crippen LogP contribution in [-0.4, -0.2) is 60.4 Å². The topological polar surface area (TPSA) is 74.2 Å². The van der Waals surface area contributed by atoms with Crippen LogP contribution in [0.15, 0.2) is 0 Å². The van der Waals surface area contributed by atoms with Crippen LogP contribution in [0, 0.1) is 44.1 Å². The number of hydrogen-bond acceptors (Lipinski definition) is 6. The molecule has 3 atom stereocenters. The molecule has 19 heavy (non-hydrogen) atoms. The second-order valence-electron chi connectivity index (χ2n) is 4.72. The van der Waals surface area contributed by atoms with Crippen LogP contribution in [0.3, 0.4) is 0 Å². The monoisotopic (exact) mass is 507 g/mol. The van der Waals surface area contributed by atoms with Gasteiger partial charge < -0.3 is 24.1 Å². The average molecular weight is 508 g/mol. The molecular weight excluding hydrogens is 491 g/mol. The minimum Gasteiger partial charge on any atom is -0.390 e. The van der Waals surface area contributed by atoms with E-state index in [0.717, 1.165) is 0 Å². The van der Waals surface area contributed by atoms with Crippen molar-refractivity contribution in [1.29, 1.82) is 0 Å². The molecule has 0 spiro atoms. The molecule has 6 nitrogen and oxygen atoms in total. The van der Waals surface area contributed by atoms with Gasteiger partial charge in [-0.05, 0) is 13.8 Å². The number of carbonyl (C=O) groups is 1. The molecule has 2 rings (SSSR count). The predicted octanol–water partition coefficient (Wildman–Crippen LogP) is 0.0498. The molecule has 2 saturated heterocycles. The minimum atomic E-state index is -1.68. The van der Waals surface area contributed by atoms with Crippen molar-refractivity contribution >= 4 is 17.4 Å². The summed E-state index contributed by atoms with van der Waals surface area (Å²) in [7, 11) is 0. The first-order valence-electron chi connectivity index (χ1n) is 5.79. The third-order valence-corrected chi connectivity index (χ3v) is 3.07. The van der Waals surface area contributed by atoms with Crippen molar-refractivity contribution in [3.8, 4) is 0 Å². The van der Waals surface area contributed by atoms with Crippen molar-refractivity contribution in [3.05, 3.63) is 0 Å². The summed E-state index contributed by atoms with van der Waals surface area (Å²) in [6.45, 7) is 3.10. The van der Waals surface area contributed by atoms with Crippen LogP contribution < -0.4 is 0 Å². The smallest absolute Gasteiger partial charge is 0.255 e. The van der Waals surface area contributed by atoms with E-state index < -0.39 is 36.2 Å². The van der Waals surface area contributed by atoms with Gasteiger partial charge in [0.1, 0.15) is 12.7 Å². The Labute approximate surface area is 152 Å². The summed E-state index contributed by atoms with van der Waals surface area (Å²) >= 11 is 5.51. The minimum absolute atomic E-state index is 0. The average Bonchev–Trinajstić information content (AvgIpc) is 2.65. The first kappa shape index (κ1) is 18.3. The number of halogens is 1. The fourth-order valence-electron chi connectivity index (χ4n) is 2.17. The SMILES string of the molecule is CC1(C)OC2CO[C@@](CO)(OCCCl)C(=O)C2O1.[Ac]. The summed E-state index contributed by atoms with van der Waals surface area (Å²) in [4.78, 5) is 12.3. The second kappa shape index (κ2) is 6.97. The molecule has 2 aliphatic rings. The van der Waals surface area contributed by atoms with Crippen LogP contribution in [0.25, 0.3) is 0 Å². The van der Waals surface area contributed by atoms with E-state index in [-0.39, 0.29) is 63.2 Å². The number of Topliss-reactive ketones (excluding diaryl/α,β-unsaturated/α-hetero) is 1. The zero-order valence-corrected chi connectivity index (χ0v) is 16.4. The van der Waals surface area contributed by atoms with Gasteiger partial charge in [0, 0.05) is 49.9 Å². The molecule has 0 aromatic heterocycles. The van der Waals surface area contributed by atoms with E-state index in [1.807, 2.05) is 0 Å². The van der Waals surface area contributed by atoms with Crippen LogP contribution in [-0.2, 0) is 23.7 Å². The summed E-state index contributed by atoms with van der Waals surface area (Å²) in [5.74, 6) is -2.78. The van der Waals surface area contributed by atoms with E-state index in [2.05, 4.69) is 0 Å². The fraction of sp³-hybridized carbons (Fsp3) is 0.909. The maximum Gasteiger partial charge on any atom is 0.255 e. The van der Waals surface area contributed by atoms with E-state index in [4.69, 9.17) is 30.5 Å². The predicted molar refractivity (Wildman–Crippen MR) is 61.3 cm³/mol. The van der Waals surface area contributed by atoms with Gasteiger partial charge in [0.2, 0.25) is 5.78 Å². The third kappa shape index (κ3) is 3.70. The van der Waals surface area contributed by atoms with Crippen LogP contribution in [0.5, 0.6) is 0 Å². The maximum absolute atomic E-state index is 12.3. The molecule has 2 fully saturated rings. The Kier molecular flexibility index (Phi) is 6.70. The molecule has 0 bridgehead atoms. The van der Waals surface area contributed by atoms with Gasteiger partial charge in [-0.15, -0.1) is 11.6 Å². The standard InChI is InChI=1S/C11H17ClO6.Ac/c1-10(2)17-7-5-16-11(6-13,15-4-3-12)9(14)8(7)18-10;/h7-8,13H,3-6H2,1-2H3;/t7?,8?,11-;/m1./s1. The molecule has 2 aliphatic heterocycles. The molecule has 2 unspecified atom stereocenters. The molecule has 8 heteroatoms. The Hall–Kier alpha value is 1.20. The number of ether oxygens (including phenoxy) is 4. The van der Waals surface area contributed by atoms with Crippen molar-refractivity contribution in [2.24, 2.45) is 0 Å². The van der Waals surface area contributed by atoms with E-state index >= 15 is 0 Å². The second-order valence-corrected chi connectivity index (χ2v) is 5.10. The summed E-state index contributed by atoms with van der Waals surface area (Å²) in [5, 5.41) is 9.38. The molecular formula is C11H17AcClO6. The van der Waals surface area contributed by atoms with Gasteiger partial charge in [0.05, 0.1) is 13.2 Å². The van der Waals surface area contributed by atoms with Crippen molar-refractivity contribution in [3.63, 3.8) is 0 Å². The Morgan fingerprint density at radius 2 is 2.16 bits per heavy atom. The van der Waals surface area contributed by atoms with Crippen molar-refractivity contribution in [1.82, 2.24) is 0 Å². The van der Waals surface area contributed by atoms with Crippen molar-refractivity contribution in [2.75, 3.05) is 25.7 Å². The van der Waals surface area contributed by atoms with E-state index in [1.54, 1.807) is 13.8 Å². The van der Waals surface area contributed by atoms with Gasteiger partial charge >= 0.3 is 0 Å². The van der Waals surface area contributed by atoms with E-state index in [9.17, 15) is 9.90 Å². The zero-order chi connectivity index (χ0) is 13.4. The molecule has 2 heterocycles. The van der Waals surface area contributed by atoms with Crippen LogP contribution in [0.2, 0.25) is 0 Å². The number of alkyl halides is 1. The molecule has 0 amide bonds. The van der Waals surface area contributed by atoms with Gasteiger partial charge in [-0.25, -0.2) is 0 Å².